The van der Waals surface area contributed by atoms with Crippen molar-refractivity contribution in [1.82, 2.24) is 5.16 Å². The zero-order valence-corrected chi connectivity index (χ0v) is 19.2. The Kier molecular flexibility index (Phi) is 5.60. The molecule has 5 rings (SSSR count). The molecule has 1 spiro atoms. The molecule has 0 radical (unpaired) electrons. The summed E-state index contributed by atoms with van der Waals surface area (Å²) in [6, 6.07) is 5.29. The molecule has 31 heavy (non-hydrogen) atoms. The summed E-state index contributed by atoms with van der Waals surface area (Å²) in [5.74, 6) is 0.669. The molecule has 1 aromatic heterocycles. The minimum atomic E-state index is -1.22. The molecular formula is C23H27Cl2NO5. The summed E-state index contributed by atoms with van der Waals surface area (Å²) < 4.78 is 24.1. The quantitative estimate of drug-likeness (QED) is 0.640. The number of aromatic nitrogens is 1. The SMILES string of the molecule is CC(C)(O)c1onc(-c2c(Cl)cccc2Cl)c1CO[C@@H]1CC2CC[C@@H](C1)C21OCCO1. The van der Waals surface area contributed by atoms with E-state index in [2.05, 4.69) is 5.16 Å². The highest BCUT2D eigenvalue weighted by Crippen LogP contribution is 2.54. The molecule has 1 unspecified atom stereocenters. The average Bonchev–Trinajstić information content (AvgIpc) is 3.39. The molecule has 2 heterocycles. The number of ether oxygens (including phenoxy) is 3. The summed E-state index contributed by atoms with van der Waals surface area (Å²) in [6.45, 7) is 4.92. The molecule has 1 saturated heterocycles. The van der Waals surface area contributed by atoms with Gasteiger partial charge in [0.25, 0.3) is 0 Å². The molecule has 1 aromatic carbocycles. The zero-order chi connectivity index (χ0) is 21.8. The minimum Gasteiger partial charge on any atom is -0.382 e. The highest BCUT2D eigenvalue weighted by Gasteiger charge is 2.58. The fraction of sp³-hybridized carbons (Fsp3) is 0.609. The van der Waals surface area contributed by atoms with Gasteiger partial charge in [-0.25, -0.2) is 0 Å². The van der Waals surface area contributed by atoms with Crippen LogP contribution in [0.4, 0.5) is 0 Å². The van der Waals surface area contributed by atoms with E-state index in [1.165, 1.54) is 0 Å². The third kappa shape index (κ3) is 3.71. The van der Waals surface area contributed by atoms with Gasteiger partial charge < -0.3 is 23.8 Å². The normalized spacial score (nSPS) is 27.3. The van der Waals surface area contributed by atoms with Crippen LogP contribution in [0.25, 0.3) is 11.3 Å². The number of halogens is 2. The molecule has 2 aromatic rings. The van der Waals surface area contributed by atoms with E-state index in [-0.39, 0.29) is 12.7 Å². The van der Waals surface area contributed by atoms with E-state index in [0.29, 0.717) is 57.7 Å². The van der Waals surface area contributed by atoms with Crippen LogP contribution in [0.2, 0.25) is 10.0 Å². The van der Waals surface area contributed by atoms with Gasteiger partial charge in [0.15, 0.2) is 11.5 Å². The maximum Gasteiger partial charge on any atom is 0.174 e. The van der Waals surface area contributed by atoms with Gasteiger partial charge in [0.2, 0.25) is 0 Å². The van der Waals surface area contributed by atoms with Crippen LogP contribution >= 0.6 is 23.2 Å². The molecular weight excluding hydrogens is 441 g/mol. The van der Waals surface area contributed by atoms with Crippen molar-refractivity contribution >= 4 is 23.2 Å². The lowest BCUT2D eigenvalue weighted by atomic mass is 9.81. The second kappa shape index (κ2) is 8.01. The number of benzene rings is 1. The highest BCUT2D eigenvalue weighted by atomic mass is 35.5. The fourth-order valence-corrected chi connectivity index (χ4v) is 6.11. The first-order chi connectivity index (χ1) is 14.8. The van der Waals surface area contributed by atoms with Crippen molar-refractivity contribution in [3.63, 3.8) is 0 Å². The van der Waals surface area contributed by atoms with Gasteiger partial charge in [-0.2, -0.15) is 0 Å². The predicted octanol–water partition coefficient (Wildman–Crippen LogP) is 5.32. The van der Waals surface area contributed by atoms with E-state index in [4.69, 9.17) is 41.9 Å². The summed E-state index contributed by atoms with van der Waals surface area (Å²) in [7, 11) is 0. The van der Waals surface area contributed by atoms with E-state index in [9.17, 15) is 5.11 Å². The van der Waals surface area contributed by atoms with Crippen molar-refractivity contribution < 1.29 is 23.8 Å². The van der Waals surface area contributed by atoms with E-state index in [0.717, 1.165) is 25.7 Å². The maximum absolute atomic E-state index is 10.7. The Morgan fingerprint density at radius 3 is 2.32 bits per heavy atom. The molecule has 6 nitrogen and oxygen atoms in total. The van der Waals surface area contributed by atoms with Gasteiger partial charge in [-0.05, 0) is 51.7 Å². The van der Waals surface area contributed by atoms with Crippen molar-refractivity contribution in [3.05, 3.63) is 39.6 Å². The first-order valence-electron chi connectivity index (χ1n) is 10.8. The molecule has 3 fully saturated rings. The number of hydrogen-bond acceptors (Lipinski definition) is 6. The lowest BCUT2D eigenvalue weighted by molar-refractivity contribution is -0.238. The van der Waals surface area contributed by atoms with Crippen LogP contribution in [-0.2, 0) is 26.4 Å². The summed E-state index contributed by atoms with van der Waals surface area (Å²) >= 11 is 12.9. The Balaban J connectivity index is 1.40. The van der Waals surface area contributed by atoms with Gasteiger partial charge in [0, 0.05) is 17.4 Å². The van der Waals surface area contributed by atoms with E-state index >= 15 is 0 Å². The monoisotopic (exact) mass is 467 g/mol. The topological polar surface area (TPSA) is 74.0 Å². The maximum atomic E-state index is 10.7. The molecule has 168 valence electrons. The second-order valence-corrected chi connectivity index (χ2v) is 10.1. The van der Waals surface area contributed by atoms with Crippen molar-refractivity contribution in [2.45, 2.75) is 63.6 Å². The molecule has 8 heteroatoms. The number of rotatable bonds is 5. The summed E-state index contributed by atoms with van der Waals surface area (Å²) in [4.78, 5) is 0. The molecule has 3 aliphatic rings. The van der Waals surface area contributed by atoms with Gasteiger partial charge in [-0.3, -0.25) is 0 Å². The molecule has 1 aliphatic heterocycles. The molecule has 2 aliphatic carbocycles. The summed E-state index contributed by atoms with van der Waals surface area (Å²) in [5, 5.41) is 15.8. The van der Waals surface area contributed by atoms with E-state index < -0.39 is 11.4 Å². The predicted molar refractivity (Wildman–Crippen MR) is 116 cm³/mol. The Morgan fingerprint density at radius 2 is 1.74 bits per heavy atom. The fourth-order valence-electron chi connectivity index (χ4n) is 5.53. The van der Waals surface area contributed by atoms with Gasteiger partial charge in [-0.15, -0.1) is 0 Å². The third-order valence-electron chi connectivity index (χ3n) is 6.84. The second-order valence-electron chi connectivity index (χ2n) is 9.29. The summed E-state index contributed by atoms with van der Waals surface area (Å²) in [6.07, 6.45) is 4.07. The largest absolute Gasteiger partial charge is 0.382 e. The number of hydrogen-bond donors (Lipinski definition) is 1. The summed E-state index contributed by atoms with van der Waals surface area (Å²) in [5.41, 5.74) is 0.534. The van der Waals surface area contributed by atoms with Crippen LogP contribution in [0.15, 0.2) is 22.7 Å². The van der Waals surface area contributed by atoms with Gasteiger partial charge in [0.1, 0.15) is 11.3 Å². The Bertz CT molecular complexity index is 927. The number of aliphatic hydroxyl groups is 1. The van der Waals surface area contributed by atoms with E-state index in [1.54, 1.807) is 32.0 Å². The lowest BCUT2D eigenvalue weighted by Gasteiger charge is -2.41. The molecule has 0 amide bonds. The van der Waals surface area contributed by atoms with E-state index in [1.807, 2.05) is 0 Å². The van der Waals surface area contributed by atoms with Crippen LogP contribution in [-0.4, -0.2) is 35.4 Å². The molecule has 3 atom stereocenters. The van der Waals surface area contributed by atoms with Gasteiger partial charge in [-0.1, -0.05) is 34.4 Å². The highest BCUT2D eigenvalue weighted by molar-refractivity contribution is 6.39. The molecule has 2 bridgehead atoms. The third-order valence-corrected chi connectivity index (χ3v) is 7.47. The van der Waals surface area contributed by atoms with Crippen LogP contribution in [0.5, 0.6) is 0 Å². The van der Waals surface area contributed by atoms with Gasteiger partial charge in [0.05, 0.1) is 41.5 Å². The van der Waals surface area contributed by atoms with Crippen LogP contribution in [0.3, 0.4) is 0 Å². The zero-order valence-electron chi connectivity index (χ0n) is 17.7. The van der Waals surface area contributed by atoms with Crippen LogP contribution in [0, 0.1) is 11.8 Å². The minimum absolute atomic E-state index is 0.0787. The van der Waals surface area contributed by atoms with Gasteiger partial charge >= 0.3 is 0 Å². The van der Waals surface area contributed by atoms with Crippen molar-refractivity contribution in [2.24, 2.45) is 11.8 Å². The lowest BCUT2D eigenvalue weighted by Crippen LogP contribution is -2.47. The van der Waals surface area contributed by atoms with Crippen LogP contribution in [0.1, 0.15) is 50.9 Å². The Hall–Kier alpha value is -1.15. The first-order valence-corrected chi connectivity index (χ1v) is 11.6. The van der Waals surface area contributed by atoms with Crippen molar-refractivity contribution in [2.75, 3.05) is 13.2 Å². The van der Waals surface area contributed by atoms with Crippen molar-refractivity contribution in [3.8, 4) is 11.3 Å². The van der Waals surface area contributed by atoms with Crippen molar-refractivity contribution in [1.29, 1.82) is 0 Å². The standard InChI is InChI=1S/C23H27Cl2NO5/c1-22(2,27)21-16(20(26-31-21)19-17(24)4-3-5-18(19)25)12-28-15-10-13-6-7-14(11-15)23(13)29-8-9-30-23/h3-5,13-15,27H,6-12H2,1-2H3/t13-,14?,15-/m0/s1. The smallest absolute Gasteiger partial charge is 0.174 e. The molecule has 2 saturated carbocycles. The van der Waals surface area contributed by atoms with Crippen LogP contribution < -0.4 is 0 Å². The number of nitrogens with zero attached hydrogens (tertiary/aromatic N) is 1. The first kappa shape index (κ1) is 21.7. The average molecular weight is 468 g/mol. The Labute approximate surface area is 191 Å². The molecule has 1 N–H and O–H groups in total. The Morgan fingerprint density at radius 1 is 1.13 bits per heavy atom.